The molecule has 0 spiro atoms. The molecular weight excluding hydrogens is 492 g/mol. The third kappa shape index (κ3) is 6.01. The van der Waals surface area contributed by atoms with E-state index in [1.807, 2.05) is 24.3 Å². The molecule has 1 aliphatic rings. The van der Waals surface area contributed by atoms with Crippen LogP contribution in [-0.4, -0.2) is 46.8 Å². The van der Waals surface area contributed by atoms with E-state index in [2.05, 4.69) is 46.7 Å². The fourth-order valence-corrected chi connectivity index (χ4v) is 6.79. The summed E-state index contributed by atoms with van der Waals surface area (Å²) in [5.41, 5.74) is 4.51. The Balaban J connectivity index is 1.50. The van der Waals surface area contributed by atoms with Crippen molar-refractivity contribution in [3.05, 3.63) is 95.8 Å². The van der Waals surface area contributed by atoms with Crippen molar-refractivity contribution in [1.82, 2.24) is 18.8 Å². The zero-order chi connectivity index (χ0) is 26.4. The summed E-state index contributed by atoms with van der Waals surface area (Å²) >= 11 is 0. The molecule has 1 fully saturated rings. The number of aromatic nitrogens is 2. The molecular formula is C31H38N4O2S. The molecule has 0 atom stereocenters. The van der Waals surface area contributed by atoms with Crippen LogP contribution in [0.4, 0.5) is 0 Å². The maximum Gasteiger partial charge on any atom is 0.243 e. The van der Waals surface area contributed by atoms with Crippen molar-refractivity contribution in [2.45, 2.75) is 63.6 Å². The Morgan fingerprint density at radius 1 is 0.816 bits per heavy atom. The molecule has 1 saturated heterocycles. The Bertz CT molecular complexity index is 1440. The maximum atomic E-state index is 13.7. The highest BCUT2D eigenvalue weighted by Crippen LogP contribution is 2.25. The molecule has 7 heteroatoms. The van der Waals surface area contributed by atoms with Gasteiger partial charge in [0.05, 0.1) is 22.5 Å². The lowest BCUT2D eigenvalue weighted by atomic mass is 10.0. The first-order valence-corrected chi connectivity index (χ1v) is 15.3. The second-order valence-electron chi connectivity index (χ2n) is 10.2. The summed E-state index contributed by atoms with van der Waals surface area (Å²) in [6, 6.07) is 25.5. The Morgan fingerprint density at radius 2 is 1.47 bits per heavy atom. The summed E-state index contributed by atoms with van der Waals surface area (Å²) in [6.07, 6.45) is 5.57. The third-order valence-electron chi connectivity index (χ3n) is 7.48. The van der Waals surface area contributed by atoms with E-state index in [0.717, 1.165) is 49.3 Å². The van der Waals surface area contributed by atoms with Crippen LogP contribution in [0.5, 0.6) is 0 Å². The molecule has 2 heterocycles. The predicted molar refractivity (Wildman–Crippen MR) is 153 cm³/mol. The van der Waals surface area contributed by atoms with E-state index in [9.17, 15) is 8.42 Å². The highest BCUT2D eigenvalue weighted by Gasteiger charge is 2.26. The quantitative estimate of drug-likeness (QED) is 0.236. The van der Waals surface area contributed by atoms with Crippen LogP contribution in [0.3, 0.4) is 0 Å². The van der Waals surface area contributed by atoms with Crippen LogP contribution in [0.2, 0.25) is 0 Å². The SMILES string of the molecule is CCCCN(Cc1nc2ccccc2n1Cc1ccccc1CN1CCCCC1)S(=O)(=O)c1ccccc1. The molecule has 5 rings (SSSR count). The number of nitrogens with zero attached hydrogens (tertiary/aromatic N) is 4. The first-order chi connectivity index (χ1) is 18.6. The van der Waals surface area contributed by atoms with Crippen molar-refractivity contribution in [2.75, 3.05) is 19.6 Å². The van der Waals surface area contributed by atoms with Gasteiger partial charge in [-0.3, -0.25) is 4.90 Å². The Hall–Kier alpha value is -3.00. The zero-order valence-corrected chi connectivity index (χ0v) is 23.1. The molecule has 1 aromatic heterocycles. The minimum absolute atomic E-state index is 0.236. The van der Waals surface area contributed by atoms with E-state index in [0.29, 0.717) is 18.0 Å². The van der Waals surface area contributed by atoms with E-state index in [1.54, 1.807) is 28.6 Å². The number of piperidine rings is 1. The smallest absolute Gasteiger partial charge is 0.243 e. The normalized spacial score (nSPS) is 14.9. The number of benzene rings is 3. The Kier molecular flexibility index (Phi) is 8.57. The van der Waals surface area contributed by atoms with Crippen LogP contribution < -0.4 is 0 Å². The zero-order valence-electron chi connectivity index (χ0n) is 22.3. The summed E-state index contributed by atoms with van der Waals surface area (Å²) in [4.78, 5) is 7.83. The van der Waals surface area contributed by atoms with Crippen molar-refractivity contribution in [3.63, 3.8) is 0 Å². The number of hydrogen-bond donors (Lipinski definition) is 0. The van der Waals surface area contributed by atoms with Gasteiger partial charge in [0.25, 0.3) is 0 Å². The monoisotopic (exact) mass is 530 g/mol. The van der Waals surface area contributed by atoms with E-state index in [4.69, 9.17) is 4.98 Å². The molecule has 0 saturated carbocycles. The topological polar surface area (TPSA) is 58.4 Å². The van der Waals surface area contributed by atoms with Crippen LogP contribution in [0.25, 0.3) is 11.0 Å². The van der Waals surface area contributed by atoms with Gasteiger partial charge in [0.1, 0.15) is 5.82 Å². The van der Waals surface area contributed by atoms with Crippen LogP contribution in [0, 0.1) is 0 Å². The van der Waals surface area contributed by atoms with Crippen LogP contribution in [-0.2, 0) is 29.7 Å². The average Bonchev–Trinajstić information content (AvgIpc) is 3.29. The second-order valence-corrected chi connectivity index (χ2v) is 12.2. The second kappa shape index (κ2) is 12.2. The number of hydrogen-bond acceptors (Lipinski definition) is 4. The van der Waals surface area contributed by atoms with Crippen LogP contribution in [0.15, 0.2) is 83.8 Å². The molecule has 0 N–H and O–H groups in total. The number of fused-ring (bicyclic) bond motifs is 1. The summed E-state index contributed by atoms with van der Waals surface area (Å²) in [6.45, 7) is 6.69. The van der Waals surface area contributed by atoms with Crippen molar-refractivity contribution < 1.29 is 8.42 Å². The number of para-hydroxylation sites is 2. The molecule has 0 amide bonds. The molecule has 0 aliphatic carbocycles. The van der Waals surface area contributed by atoms with Gasteiger partial charge in [0.15, 0.2) is 0 Å². The minimum Gasteiger partial charge on any atom is -0.322 e. The van der Waals surface area contributed by atoms with Gasteiger partial charge in [-0.05, 0) is 67.7 Å². The minimum atomic E-state index is -3.65. The summed E-state index contributed by atoms with van der Waals surface area (Å²) in [5, 5.41) is 0. The molecule has 0 unspecified atom stereocenters. The molecule has 0 bridgehead atoms. The van der Waals surface area contributed by atoms with Gasteiger partial charge in [-0.25, -0.2) is 13.4 Å². The van der Waals surface area contributed by atoms with E-state index < -0.39 is 10.0 Å². The number of imidazole rings is 1. The number of rotatable bonds is 11. The standard InChI is InChI=1S/C31H38N4O2S/c1-2-3-22-34(38(36,37)28-16-6-4-7-17-28)25-31-32-29-18-10-11-19-30(29)35(31)24-27-15-9-8-14-26(27)23-33-20-12-5-13-21-33/h4,6-11,14-19H,2-3,5,12-13,20-25H2,1H3. The van der Waals surface area contributed by atoms with Crippen LogP contribution in [0.1, 0.15) is 56.0 Å². The van der Waals surface area contributed by atoms with Gasteiger partial charge in [-0.1, -0.05) is 74.4 Å². The largest absolute Gasteiger partial charge is 0.322 e. The third-order valence-corrected chi connectivity index (χ3v) is 9.34. The van der Waals surface area contributed by atoms with Gasteiger partial charge >= 0.3 is 0 Å². The molecule has 38 heavy (non-hydrogen) atoms. The van der Waals surface area contributed by atoms with Gasteiger partial charge in [-0.2, -0.15) is 4.31 Å². The molecule has 200 valence electrons. The van der Waals surface area contributed by atoms with E-state index in [-0.39, 0.29) is 6.54 Å². The van der Waals surface area contributed by atoms with Crippen molar-refractivity contribution in [1.29, 1.82) is 0 Å². The summed E-state index contributed by atoms with van der Waals surface area (Å²) in [7, 11) is -3.65. The maximum absolute atomic E-state index is 13.7. The van der Waals surface area contributed by atoms with E-state index in [1.165, 1.54) is 30.4 Å². The molecule has 1 aliphatic heterocycles. The van der Waals surface area contributed by atoms with Crippen molar-refractivity contribution >= 4 is 21.1 Å². The highest BCUT2D eigenvalue weighted by molar-refractivity contribution is 7.89. The van der Waals surface area contributed by atoms with Gasteiger partial charge in [0.2, 0.25) is 10.0 Å². The lowest BCUT2D eigenvalue weighted by Gasteiger charge is -2.27. The number of likely N-dealkylation sites (tertiary alicyclic amines) is 1. The summed E-state index contributed by atoms with van der Waals surface area (Å²) in [5.74, 6) is 0.773. The predicted octanol–water partition coefficient (Wildman–Crippen LogP) is 6.06. The molecule has 0 radical (unpaired) electrons. The Labute approximate surface area is 227 Å². The molecule has 4 aromatic rings. The van der Waals surface area contributed by atoms with Gasteiger partial charge < -0.3 is 4.57 Å². The number of sulfonamides is 1. The lowest BCUT2D eigenvalue weighted by Crippen LogP contribution is -2.33. The van der Waals surface area contributed by atoms with Gasteiger partial charge in [-0.15, -0.1) is 0 Å². The first kappa shape index (κ1) is 26.6. The summed E-state index contributed by atoms with van der Waals surface area (Å²) < 4.78 is 31.2. The fraction of sp³-hybridized carbons (Fsp3) is 0.387. The average molecular weight is 531 g/mol. The molecule has 6 nitrogen and oxygen atoms in total. The Morgan fingerprint density at radius 3 is 2.21 bits per heavy atom. The van der Waals surface area contributed by atoms with Gasteiger partial charge in [0, 0.05) is 19.6 Å². The van der Waals surface area contributed by atoms with Crippen LogP contribution >= 0.6 is 0 Å². The molecule has 3 aromatic carbocycles. The highest BCUT2D eigenvalue weighted by atomic mass is 32.2. The van der Waals surface area contributed by atoms with Crippen molar-refractivity contribution in [3.8, 4) is 0 Å². The number of unbranched alkanes of at least 4 members (excludes halogenated alkanes) is 1. The fourth-order valence-electron chi connectivity index (χ4n) is 5.34. The lowest BCUT2D eigenvalue weighted by molar-refractivity contribution is 0.220. The van der Waals surface area contributed by atoms with E-state index >= 15 is 0 Å². The van der Waals surface area contributed by atoms with Crippen molar-refractivity contribution in [2.24, 2.45) is 0 Å². The first-order valence-electron chi connectivity index (χ1n) is 13.8.